The maximum absolute atomic E-state index is 12.6. The highest BCUT2D eigenvalue weighted by molar-refractivity contribution is 5.96. The molecule has 0 aromatic heterocycles. The quantitative estimate of drug-likeness (QED) is 0.639. The van der Waals surface area contributed by atoms with Crippen LogP contribution in [-0.2, 0) is 9.53 Å². The van der Waals surface area contributed by atoms with Gasteiger partial charge < -0.3 is 31.6 Å². The summed E-state index contributed by atoms with van der Waals surface area (Å²) in [7, 11) is 1.47. The van der Waals surface area contributed by atoms with Gasteiger partial charge in [-0.1, -0.05) is 0 Å². The van der Waals surface area contributed by atoms with E-state index in [1.54, 1.807) is 18.2 Å². The summed E-state index contributed by atoms with van der Waals surface area (Å²) >= 11 is 0. The second kappa shape index (κ2) is 7.30. The van der Waals surface area contributed by atoms with Crippen molar-refractivity contribution in [3.05, 3.63) is 18.2 Å². The number of benzene rings is 1. The van der Waals surface area contributed by atoms with Gasteiger partial charge in [0.05, 0.1) is 18.2 Å². The summed E-state index contributed by atoms with van der Waals surface area (Å²) in [6.07, 6.45) is 1.18. The highest BCUT2D eigenvalue weighted by Crippen LogP contribution is 2.33. The molecule has 0 saturated carbocycles. The van der Waals surface area contributed by atoms with E-state index in [4.69, 9.17) is 20.9 Å². The molecule has 1 heterocycles. The number of anilines is 2. The number of carbonyl (C=O) groups is 2. The van der Waals surface area contributed by atoms with Gasteiger partial charge in [0, 0.05) is 31.5 Å². The summed E-state index contributed by atoms with van der Waals surface area (Å²) in [6, 6.07) is 4.20. The first-order chi connectivity index (χ1) is 11.0. The molecule has 0 bridgehead atoms. The second-order valence-electron chi connectivity index (χ2n) is 5.46. The van der Waals surface area contributed by atoms with Crippen LogP contribution in [0.15, 0.2) is 18.2 Å². The first kappa shape index (κ1) is 17.0. The fourth-order valence-electron chi connectivity index (χ4n) is 2.55. The third kappa shape index (κ3) is 3.91. The minimum absolute atomic E-state index is 0.138. The Morgan fingerprint density at radius 1 is 1.30 bits per heavy atom. The van der Waals surface area contributed by atoms with Gasteiger partial charge in [-0.2, -0.15) is 0 Å². The number of carbonyl (C=O) groups excluding carboxylic acids is 2. The number of nitrogens with two attached hydrogens (primary N) is 2. The molecule has 6 N–H and O–H groups in total. The first-order valence-electron chi connectivity index (χ1n) is 7.34. The smallest absolute Gasteiger partial charge is 0.316 e. The number of primary amides is 1. The number of rotatable bonds is 5. The second-order valence-corrected chi connectivity index (χ2v) is 5.46. The van der Waals surface area contributed by atoms with Crippen LogP contribution < -0.4 is 26.8 Å². The molecule has 1 saturated heterocycles. The molecule has 1 aromatic carbocycles. The minimum atomic E-state index is -0.690. The molecule has 0 atom stereocenters. The highest BCUT2D eigenvalue weighted by atomic mass is 16.5. The van der Waals surface area contributed by atoms with Gasteiger partial charge in [0.25, 0.3) is 0 Å². The van der Waals surface area contributed by atoms with E-state index in [1.165, 1.54) is 7.11 Å². The van der Waals surface area contributed by atoms with Crippen LogP contribution in [0.25, 0.3) is 0 Å². The zero-order valence-corrected chi connectivity index (χ0v) is 13.1. The lowest BCUT2D eigenvalue weighted by molar-refractivity contribution is -0.130. The number of nitrogens with one attached hydrogen (secondary N) is 2. The third-order valence-corrected chi connectivity index (χ3v) is 4.04. The van der Waals surface area contributed by atoms with Gasteiger partial charge in [-0.3, -0.25) is 4.79 Å². The molecule has 1 aliphatic heterocycles. The Balaban J connectivity index is 2.15. The van der Waals surface area contributed by atoms with Gasteiger partial charge in [-0.15, -0.1) is 0 Å². The van der Waals surface area contributed by atoms with Gasteiger partial charge in [0.1, 0.15) is 5.75 Å². The van der Waals surface area contributed by atoms with Crippen LogP contribution in [0, 0.1) is 5.41 Å². The van der Waals surface area contributed by atoms with Crippen molar-refractivity contribution < 1.29 is 19.1 Å². The Labute approximate surface area is 134 Å². The van der Waals surface area contributed by atoms with E-state index in [0.29, 0.717) is 43.2 Å². The summed E-state index contributed by atoms with van der Waals surface area (Å²) in [5.74, 6) is 0.260. The normalized spacial score (nSPS) is 16.4. The summed E-state index contributed by atoms with van der Waals surface area (Å²) in [4.78, 5) is 23.6. The highest BCUT2D eigenvalue weighted by Gasteiger charge is 2.38. The zero-order valence-electron chi connectivity index (χ0n) is 13.1. The summed E-state index contributed by atoms with van der Waals surface area (Å²) < 4.78 is 10.5. The average Bonchev–Trinajstić information content (AvgIpc) is 2.56. The molecule has 23 heavy (non-hydrogen) atoms. The molecule has 8 nitrogen and oxygen atoms in total. The summed E-state index contributed by atoms with van der Waals surface area (Å²) in [5, 5.41) is 5.31. The lowest BCUT2D eigenvalue weighted by Crippen LogP contribution is -2.46. The number of urea groups is 1. The number of methoxy groups -OCH3 is 1. The molecule has 3 amide bonds. The van der Waals surface area contributed by atoms with Gasteiger partial charge in [-0.25, -0.2) is 4.79 Å². The zero-order chi connectivity index (χ0) is 16.9. The molecular weight excluding hydrogens is 300 g/mol. The number of hydrogen-bond acceptors (Lipinski definition) is 5. The van der Waals surface area contributed by atoms with E-state index in [1.807, 2.05) is 0 Å². The van der Waals surface area contributed by atoms with Crippen molar-refractivity contribution in [1.82, 2.24) is 0 Å². The van der Waals surface area contributed by atoms with Gasteiger partial charge in [-0.05, 0) is 25.0 Å². The van der Waals surface area contributed by atoms with Crippen molar-refractivity contribution in [2.75, 3.05) is 37.5 Å². The minimum Gasteiger partial charge on any atom is -0.494 e. The van der Waals surface area contributed by atoms with Crippen LogP contribution >= 0.6 is 0 Å². The molecule has 0 unspecified atom stereocenters. The number of hydrogen-bond donors (Lipinski definition) is 4. The third-order valence-electron chi connectivity index (χ3n) is 4.04. The van der Waals surface area contributed by atoms with E-state index >= 15 is 0 Å². The Hall–Kier alpha value is -2.32. The standard InChI is InChI=1S/C15H22N4O4/c1-22-12-8-10(2-3-11(12)19-14(17)21)18-13(20)15(9-16)4-6-23-7-5-15/h2-3,8H,4-7,9,16H2,1H3,(H,18,20)(H3,17,19,21). The molecule has 0 aliphatic carbocycles. The summed E-state index contributed by atoms with van der Waals surface area (Å²) in [6.45, 7) is 1.31. The van der Waals surface area contributed by atoms with Crippen molar-refractivity contribution in [2.45, 2.75) is 12.8 Å². The fourth-order valence-corrected chi connectivity index (χ4v) is 2.55. The molecule has 2 rings (SSSR count). The molecule has 126 valence electrons. The molecule has 1 fully saturated rings. The molecular formula is C15H22N4O4. The van der Waals surface area contributed by atoms with Crippen molar-refractivity contribution in [1.29, 1.82) is 0 Å². The summed E-state index contributed by atoms with van der Waals surface area (Å²) in [5.41, 5.74) is 11.3. The number of ether oxygens (including phenoxy) is 2. The Kier molecular flexibility index (Phi) is 5.41. The van der Waals surface area contributed by atoms with Crippen LogP contribution in [0.2, 0.25) is 0 Å². The van der Waals surface area contributed by atoms with Crippen molar-refractivity contribution in [3.63, 3.8) is 0 Å². The van der Waals surface area contributed by atoms with E-state index in [-0.39, 0.29) is 12.5 Å². The van der Waals surface area contributed by atoms with Gasteiger partial charge >= 0.3 is 6.03 Å². The van der Waals surface area contributed by atoms with Crippen molar-refractivity contribution >= 4 is 23.3 Å². The van der Waals surface area contributed by atoms with Crippen LogP contribution in [0.5, 0.6) is 5.75 Å². The van der Waals surface area contributed by atoms with Gasteiger partial charge in [0.15, 0.2) is 0 Å². The molecule has 8 heteroatoms. The largest absolute Gasteiger partial charge is 0.494 e. The molecule has 0 spiro atoms. The van der Waals surface area contributed by atoms with E-state index in [2.05, 4.69) is 10.6 Å². The predicted octanol–water partition coefficient (Wildman–Crippen LogP) is 0.880. The SMILES string of the molecule is COc1cc(NC(=O)C2(CN)CCOCC2)ccc1NC(N)=O. The van der Waals surface area contributed by atoms with E-state index in [0.717, 1.165) is 0 Å². The molecule has 1 aromatic rings. The maximum atomic E-state index is 12.6. The van der Waals surface area contributed by atoms with Crippen LogP contribution in [0.1, 0.15) is 12.8 Å². The Morgan fingerprint density at radius 2 is 2.00 bits per heavy atom. The van der Waals surface area contributed by atoms with Crippen LogP contribution in [0.4, 0.5) is 16.2 Å². The fraction of sp³-hybridized carbons (Fsp3) is 0.467. The Morgan fingerprint density at radius 3 is 2.57 bits per heavy atom. The maximum Gasteiger partial charge on any atom is 0.316 e. The molecule has 1 aliphatic rings. The van der Waals surface area contributed by atoms with E-state index < -0.39 is 11.4 Å². The molecule has 0 radical (unpaired) electrons. The van der Waals surface area contributed by atoms with Gasteiger partial charge in [0.2, 0.25) is 5.91 Å². The lowest BCUT2D eigenvalue weighted by Gasteiger charge is -2.34. The van der Waals surface area contributed by atoms with E-state index in [9.17, 15) is 9.59 Å². The Bertz CT molecular complexity index is 585. The monoisotopic (exact) mass is 322 g/mol. The first-order valence-corrected chi connectivity index (χ1v) is 7.34. The van der Waals surface area contributed by atoms with Crippen molar-refractivity contribution in [3.8, 4) is 5.75 Å². The van der Waals surface area contributed by atoms with Crippen molar-refractivity contribution in [2.24, 2.45) is 16.9 Å². The predicted molar refractivity (Wildman–Crippen MR) is 86.4 cm³/mol. The van der Waals surface area contributed by atoms with Crippen LogP contribution in [0.3, 0.4) is 0 Å². The average molecular weight is 322 g/mol. The van der Waals surface area contributed by atoms with Crippen LogP contribution in [-0.4, -0.2) is 38.8 Å². The topological polar surface area (TPSA) is 129 Å². The number of amides is 3. The lowest BCUT2D eigenvalue weighted by atomic mass is 9.79.